The second-order valence-corrected chi connectivity index (χ2v) is 5.44. The highest BCUT2D eigenvalue weighted by Crippen LogP contribution is 2.11. The van der Waals surface area contributed by atoms with E-state index in [1.165, 1.54) is 15.7 Å². The predicted octanol–water partition coefficient (Wildman–Crippen LogP) is -1.04. The minimum absolute atomic E-state index is 0.108. The fourth-order valence-electron chi connectivity index (χ4n) is 2.12. The number of nitrogens with zero attached hydrogens (tertiary/aromatic N) is 3. The van der Waals surface area contributed by atoms with Gasteiger partial charge in [0.15, 0.2) is 4.77 Å². The number of hydrogen-bond donors (Lipinski definition) is 3. The molecule has 7 nitrogen and oxygen atoms in total. The summed E-state index contributed by atoms with van der Waals surface area (Å²) >= 11 is 5.02. The van der Waals surface area contributed by atoms with Gasteiger partial charge >= 0.3 is 0 Å². The topological polar surface area (TPSA) is 78.1 Å². The first-order chi connectivity index (χ1) is 10.0. The van der Waals surface area contributed by atoms with Gasteiger partial charge in [-0.05, 0) is 12.2 Å². The maximum atomic E-state index is 11.9. The number of rotatable bonds is 4. The summed E-state index contributed by atoms with van der Waals surface area (Å²) in [6.45, 7) is 7.58. The number of aromatic hydroxyl groups is 1. The number of piperazine rings is 1. The van der Waals surface area contributed by atoms with Crippen molar-refractivity contribution >= 4 is 18.4 Å². The number of quaternary nitrogens is 1. The lowest BCUT2D eigenvalue weighted by molar-refractivity contribution is -0.884. The molecule has 1 aromatic rings. The van der Waals surface area contributed by atoms with Crippen molar-refractivity contribution in [2.45, 2.75) is 6.54 Å². The van der Waals surface area contributed by atoms with Crippen LogP contribution in [-0.4, -0.2) is 59.1 Å². The lowest BCUT2D eigenvalue weighted by Crippen LogP contribution is -3.11. The third-order valence-corrected chi connectivity index (χ3v) is 3.78. The van der Waals surface area contributed by atoms with Crippen LogP contribution in [0.15, 0.2) is 22.6 Å². The predicted molar refractivity (Wildman–Crippen MR) is 83.5 cm³/mol. The van der Waals surface area contributed by atoms with Gasteiger partial charge in [-0.25, -0.2) is 0 Å². The molecule has 1 aliphatic heterocycles. The van der Waals surface area contributed by atoms with E-state index in [9.17, 15) is 9.90 Å². The molecule has 0 saturated carbocycles. The summed E-state index contributed by atoms with van der Waals surface area (Å²) in [5.41, 5.74) is -0.335. The Hall–Kier alpha value is -1.93. The van der Waals surface area contributed by atoms with Crippen LogP contribution in [0, 0.1) is 4.77 Å². The zero-order valence-electron chi connectivity index (χ0n) is 12.0. The molecule has 8 heteroatoms. The SMILES string of the molecule is C=CCn1c(O)c(/C=N/N2CC[NH+](C)CC2)c(=O)[nH]c1=S. The number of aromatic nitrogens is 2. The lowest BCUT2D eigenvalue weighted by atomic mass is 10.3. The average molecular weight is 310 g/mol. The van der Waals surface area contributed by atoms with Crippen molar-refractivity contribution in [1.29, 1.82) is 0 Å². The molecular formula is C13H20N5O2S+. The summed E-state index contributed by atoms with van der Waals surface area (Å²) in [5.74, 6) is -0.188. The van der Waals surface area contributed by atoms with E-state index in [-0.39, 0.29) is 16.2 Å². The van der Waals surface area contributed by atoms with Gasteiger partial charge in [0.05, 0.1) is 39.4 Å². The molecule has 21 heavy (non-hydrogen) atoms. The van der Waals surface area contributed by atoms with Crippen LogP contribution in [0.1, 0.15) is 5.56 Å². The molecule has 1 saturated heterocycles. The molecule has 1 aliphatic rings. The second-order valence-electron chi connectivity index (χ2n) is 5.05. The van der Waals surface area contributed by atoms with Crippen molar-refractivity contribution < 1.29 is 10.0 Å². The third-order valence-electron chi connectivity index (χ3n) is 3.46. The van der Waals surface area contributed by atoms with Crippen LogP contribution in [0.25, 0.3) is 0 Å². The first-order valence-electron chi connectivity index (χ1n) is 6.80. The molecule has 2 heterocycles. The fourth-order valence-corrected chi connectivity index (χ4v) is 2.38. The fraction of sp³-hybridized carbons (Fsp3) is 0.462. The first-order valence-corrected chi connectivity index (χ1v) is 7.21. The van der Waals surface area contributed by atoms with Gasteiger partial charge in [-0.3, -0.25) is 19.4 Å². The zero-order valence-corrected chi connectivity index (χ0v) is 12.8. The molecule has 0 atom stereocenters. The van der Waals surface area contributed by atoms with Crippen molar-refractivity contribution in [1.82, 2.24) is 14.6 Å². The van der Waals surface area contributed by atoms with Crippen LogP contribution in [0.3, 0.4) is 0 Å². The Morgan fingerprint density at radius 2 is 2.19 bits per heavy atom. The van der Waals surface area contributed by atoms with E-state index in [0.717, 1.165) is 26.2 Å². The minimum Gasteiger partial charge on any atom is -0.494 e. The molecule has 0 amide bonds. The van der Waals surface area contributed by atoms with Crippen molar-refractivity contribution in [2.24, 2.45) is 5.10 Å². The molecule has 0 aliphatic carbocycles. The highest BCUT2D eigenvalue weighted by atomic mass is 32.1. The van der Waals surface area contributed by atoms with E-state index < -0.39 is 5.56 Å². The van der Waals surface area contributed by atoms with Gasteiger partial charge in [0.2, 0.25) is 5.88 Å². The van der Waals surface area contributed by atoms with Gasteiger partial charge in [0.1, 0.15) is 5.56 Å². The Bertz CT molecular complexity index is 656. The minimum atomic E-state index is -0.443. The maximum Gasteiger partial charge on any atom is 0.264 e. The quantitative estimate of drug-likeness (QED) is 0.377. The van der Waals surface area contributed by atoms with E-state index in [1.54, 1.807) is 6.08 Å². The second kappa shape index (κ2) is 6.68. The Morgan fingerprint density at radius 1 is 1.52 bits per heavy atom. The molecule has 2 rings (SSSR count). The number of hydrazone groups is 1. The van der Waals surface area contributed by atoms with Crippen LogP contribution in [0.2, 0.25) is 0 Å². The molecule has 0 unspecified atom stereocenters. The van der Waals surface area contributed by atoms with Crippen LogP contribution < -0.4 is 10.5 Å². The molecule has 0 spiro atoms. The highest BCUT2D eigenvalue weighted by Gasteiger charge is 2.15. The Kier molecular flexibility index (Phi) is 4.92. The van der Waals surface area contributed by atoms with E-state index in [4.69, 9.17) is 12.2 Å². The Labute approximate surface area is 127 Å². The van der Waals surface area contributed by atoms with E-state index in [0.29, 0.717) is 6.54 Å². The first kappa shape index (κ1) is 15.5. The Morgan fingerprint density at radius 3 is 2.81 bits per heavy atom. The largest absolute Gasteiger partial charge is 0.494 e. The van der Waals surface area contributed by atoms with Crippen molar-refractivity contribution in [3.63, 3.8) is 0 Å². The van der Waals surface area contributed by atoms with Crippen LogP contribution in [0.4, 0.5) is 0 Å². The van der Waals surface area contributed by atoms with Crippen molar-refractivity contribution in [2.75, 3.05) is 33.2 Å². The summed E-state index contributed by atoms with van der Waals surface area (Å²) in [5, 5.41) is 16.3. The van der Waals surface area contributed by atoms with Gasteiger partial charge in [-0.2, -0.15) is 5.10 Å². The highest BCUT2D eigenvalue weighted by molar-refractivity contribution is 7.71. The molecule has 1 fully saturated rings. The maximum absolute atomic E-state index is 11.9. The van der Waals surface area contributed by atoms with Gasteiger partial charge in [0.25, 0.3) is 5.56 Å². The number of allylic oxidation sites excluding steroid dienone is 1. The Balaban J connectivity index is 2.27. The molecule has 114 valence electrons. The molecule has 0 bridgehead atoms. The summed E-state index contributed by atoms with van der Waals surface area (Å²) in [7, 11) is 2.14. The summed E-state index contributed by atoms with van der Waals surface area (Å²) in [6.07, 6.45) is 2.99. The standard InChI is InChI=1S/C13H19N5O2S/c1-3-4-18-12(20)10(11(19)15-13(18)21)9-14-17-7-5-16(2)6-8-17/h3,9,20H,1,4-8H2,2H3,(H,15,19,21)/p+1/b14-9+. The normalized spacial score (nSPS) is 16.5. The lowest BCUT2D eigenvalue weighted by Gasteiger charge is -2.27. The number of nitrogens with one attached hydrogen (secondary N) is 2. The van der Waals surface area contributed by atoms with Crippen LogP contribution in [-0.2, 0) is 6.54 Å². The third kappa shape index (κ3) is 3.59. The van der Waals surface area contributed by atoms with E-state index >= 15 is 0 Å². The van der Waals surface area contributed by atoms with Crippen LogP contribution in [0.5, 0.6) is 5.88 Å². The molecular weight excluding hydrogens is 290 g/mol. The molecule has 3 N–H and O–H groups in total. The summed E-state index contributed by atoms with van der Waals surface area (Å²) in [4.78, 5) is 15.9. The molecule has 0 radical (unpaired) electrons. The number of aromatic amines is 1. The number of hydrogen-bond acceptors (Lipinski definition) is 5. The molecule has 1 aromatic heterocycles. The monoisotopic (exact) mass is 310 g/mol. The smallest absolute Gasteiger partial charge is 0.264 e. The van der Waals surface area contributed by atoms with Crippen LogP contribution >= 0.6 is 12.2 Å². The average Bonchev–Trinajstić information content (AvgIpc) is 2.45. The molecule has 0 aromatic carbocycles. The van der Waals surface area contributed by atoms with Crippen molar-refractivity contribution in [3.8, 4) is 5.88 Å². The van der Waals surface area contributed by atoms with Gasteiger partial charge in [0, 0.05) is 6.54 Å². The van der Waals surface area contributed by atoms with Gasteiger partial charge in [-0.15, -0.1) is 6.58 Å². The van der Waals surface area contributed by atoms with E-state index in [1.807, 2.05) is 5.01 Å². The number of H-pyrrole nitrogens is 1. The van der Waals surface area contributed by atoms with E-state index in [2.05, 4.69) is 23.7 Å². The van der Waals surface area contributed by atoms with Crippen molar-refractivity contribution in [3.05, 3.63) is 33.3 Å². The summed E-state index contributed by atoms with van der Waals surface area (Å²) < 4.78 is 1.57. The number of likely N-dealkylation sites (N-methyl/N-ethyl adjacent to an activating group) is 1. The van der Waals surface area contributed by atoms with Gasteiger partial charge in [-0.1, -0.05) is 6.08 Å². The van der Waals surface area contributed by atoms with Gasteiger partial charge < -0.3 is 10.0 Å². The zero-order chi connectivity index (χ0) is 15.4. The summed E-state index contributed by atoms with van der Waals surface area (Å²) in [6, 6.07) is 0.